The van der Waals surface area contributed by atoms with Crippen molar-refractivity contribution in [2.45, 2.75) is 26.0 Å². The molecule has 0 aromatic heterocycles. The number of hydrogen-bond donors (Lipinski definition) is 2. The lowest BCUT2D eigenvalue weighted by molar-refractivity contribution is -0.120. The first-order valence-electron chi connectivity index (χ1n) is 9.59. The van der Waals surface area contributed by atoms with Gasteiger partial charge in [0.25, 0.3) is 5.91 Å². The molecule has 3 amide bonds. The minimum atomic E-state index is -0.330. The number of benzene rings is 2. The van der Waals surface area contributed by atoms with Gasteiger partial charge in [0, 0.05) is 37.9 Å². The molecule has 0 saturated carbocycles. The first kappa shape index (κ1) is 20.5. The molecule has 3 rings (SSSR count). The largest absolute Gasteiger partial charge is 0.380 e. The van der Waals surface area contributed by atoms with Crippen molar-refractivity contribution in [3.63, 3.8) is 0 Å². The molecule has 0 atom stereocenters. The lowest BCUT2D eigenvalue weighted by atomic mass is 10.1. The molecule has 2 N–H and O–H groups in total. The number of anilines is 1. The van der Waals surface area contributed by atoms with Crippen LogP contribution in [0.4, 0.5) is 5.69 Å². The standard InChI is InChI=1S/C22H25N3O4/c1-29-15-17-6-4-16(5-7-17)13-23-20(26)14-24-22(28)18-8-10-19(11-9-18)25-12-2-3-21(25)27/h4-11H,2-3,12-15H2,1H3,(H,23,26)(H,24,28). The Morgan fingerprint density at radius 2 is 1.69 bits per heavy atom. The van der Waals surface area contributed by atoms with Gasteiger partial charge < -0.3 is 20.3 Å². The van der Waals surface area contributed by atoms with Gasteiger partial charge in [-0.05, 0) is 41.8 Å². The minimum absolute atomic E-state index is 0.104. The summed E-state index contributed by atoms with van der Waals surface area (Å²) in [5, 5.41) is 5.39. The zero-order valence-corrected chi connectivity index (χ0v) is 16.4. The number of rotatable bonds is 8. The average Bonchev–Trinajstić information content (AvgIpc) is 3.17. The SMILES string of the molecule is COCc1ccc(CNC(=O)CNC(=O)c2ccc(N3CCCC3=O)cc2)cc1. The van der Waals surface area contributed by atoms with Crippen molar-refractivity contribution in [2.24, 2.45) is 0 Å². The molecule has 1 aliphatic rings. The van der Waals surface area contributed by atoms with E-state index in [0.29, 0.717) is 31.7 Å². The van der Waals surface area contributed by atoms with E-state index >= 15 is 0 Å². The minimum Gasteiger partial charge on any atom is -0.380 e. The molecule has 7 heteroatoms. The van der Waals surface area contributed by atoms with Crippen LogP contribution in [0.25, 0.3) is 0 Å². The molecule has 7 nitrogen and oxygen atoms in total. The lowest BCUT2D eigenvalue weighted by Gasteiger charge is -2.15. The van der Waals surface area contributed by atoms with E-state index in [9.17, 15) is 14.4 Å². The number of nitrogens with zero attached hydrogens (tertiary/aromatic N) is 1. The van der Waals surface area contributed by atoms with Gasteiger partial charge in [0.05, 0.1) is 13.2 Å². The lowest BCUT2D eigenvalue weighted by Crippen LogP contribution is -2.36. The Morgan fingerprint density at radius 1 is 1.00 bits per heavy atom. The second kappa shape index (κ2) is 9.84. The van der Waals surface area contributed by atoms with Crippen molar-refractivity contribution in [3.05, 3.63) is 65.2 Å². The number of carbonyl (C=O) groups excluding carboxylic acids is 3. The molecule has 2 aromatic carbocycles. The summed E-state index contributed by atoms with van der Waals surface area (Å²) in [6.45, 7) is 1.54. The summed E-state index contributed by atoms with van der Waals surface area (Å²) in [5.74, 6) is -0.492. The smallest absolute Gasteiger partial charge is 0.251 e. The molecule has 1 saturated heterocycles. The highest BCUT2D eigenvalue weighted by molar-refractivity contribution is 5.98. The average molecular weight is 395 g/mol. The Bertz CT molecular complexity index is 863. The number of nitrogens with one attached hydrogen (secondary N) is 2. The van der Waals surface area contributed by atoms with Crippen LogP contribution in [-0.2, 0) is 27.5 Å². The van der Waals surface area contributed by atoms with Gasteiger partial charge in [-0.25, -0.2) is 0 Å². The maximum absolute atomic E-state index is 12.2. The second-order valence-corrected chi connectivity index (χ2v) is 6.90. The molecule has 29 heavy (non-hydrogen) atoms. The normalized spacial score (nSPS) is 13.4. The van der Waals surface area contributed by atoms with Gasteiger partial charge in [-0.2, -0.15) is 0 Å². The molecule has 1 fully saturated rings. The summed E-state index contributed by atoms with van der Waals surface area (Å²) < 4.78 is 5.07. The van der Waals surface area contributed by atoms with Crippen LogP contribution in [0.1, 0.15) is 34.3 Å². The summed E-state index contributed by atoms with van der Waals surface area (Å²) in [6.07, 6.45) is 1.42. The van der Waals surface area contributed by atoms with Crippen molar-refractivity contribution in [3.8, 4) is 0 Å². The van der Waals surface area contributed by atoms with Crippen molar-refractivity contribution < 1.29 is 19.1 Å². The maximum Gasteiger partial charge on any atom is 0.251 e. The fraction of sp³-hybridized carbons (Fsp3) is 0.318. The highest BCUT2D eigenvalue weighted by Crippen LogP contribution is 2.21. The Balaban J connectivity index is 1.43. The van der Waals surface area contributed by atoms with Crippen molar-refractivity contribution in [1.82, 2.24) is 10.6 Å². The molecule has 0 bridgehead atoms. The van der Waals surface area contributed by atoms with E-state index in [1.54, 1.807) is 36.3 Å². The van der Waals surface area contributed by atoms with Gasteiger partial charge in [0.2, 0.25) is 11.8 Å². The van der Waals surface area contributed by atoms with Crippen LogP contribution in [-0.4, -0.2) is 37.9 Å². The van der Waals surface area contributed by atoms with Crippen LogP contribution in [0.3, 0.4) is 0 Å². The van der Waals surface area contributed by atoms with Crippen LogP contribution in [0, 0.1) is 0 Å². The summed E-state index contributed by atoms with van der Waals surface area (Å²) >= 11 is 0. The van der Waals surface area contributed by atoms with E-state index in [2.05, 4.69) is 10.6 Å². The van der Waals surface area contributed by atoms with Crippen LogP contribution < -0.4 is 15.5 Å². The number of ether oxygens (including phenoxy) is 1. The van der Waals surface area contributed by atoms with Gasteiger partial charge in [0.1, 0.15) is 0 Å². The zero-order valence-electron chi connectivity index (χ0n) is 16.4. The molecule has 0 unspecified atom stereocenters. The summed E-state index contributed by atoms with van der Waals surface area (Å²) in [7, 11) is 1.64. The predicted molar refractivity (Wildman–Crippen MR) is 109 cm³/mol. The van der Waals surface area contributed by atoms with Crippen molar-refractivity contribution >= 4 is 23.4 Å². The molecule has 1 aliphatic heterocycles. The highest BCUT2D eigenvalue weighted by Gasteiger charge is 2.21. The summed E-state index contributed by atoms with van der Waals surface area (Å²) in [6, 6.07) is 14.6. The molecular formula is C22H25N3O4. The third kappa shape index (κ3) is 5.65. The molecule has 1 heterocycles. The third-order valence-electron chi connectivity index (χ3n) is 4.75. The fourth-order valence-electron chi connectivity index (χ4n) is 3.16. The molecular weight excluding hydrogens is 370 g/mol. The second-order valence-electron chi connectivity index (χ2n) is 6.90. The monoisotopic (exact) mass is 395 g/mol. The van der Waals surface area contributed by atoms with E-state index in [0.717, 1.165) is 23.2 Å². The molecule has 152 valence electrons. The van der Waals surface area contributed by atoms with Gasteiger partial charge >= 0.3 is 0 Å². The number of amides is 3. The fourth-order valence-corrected chi connectivity index (χ4v) is 3.16. The topological polar surface area (TPSA) is 87.7 Å². The van der Waals surface area contributed by atoms with E-state index in [4.69, 9.17) is 4.74 Å². The summed E-state index contributed by atoms with van der Waals surface area (Å²) in [5.41, 5.74) is 3.27. The molecule has 2 aromatic rings. The first-order valence-corrected chi connectivity index (χ1v) is 9.59. The van der Waals surface area contributed by atoms with Gasteiger partial charge in [-0.1, -0.05) is 24.3 Å². The van der Waals surface area contributed by atoms with E-state index in [-0.39, 0.29) is 24.3 Å². The van der Waals surface area contributed by atoms with Gasteiger partial charge in [-0.15, -0.1) is 0 Å². The summed E-state index contributed by atoms with van der Waals surface area (Å²) in [4.78, 5) is 37.7. The third-order valence-corrected chi connectivity index (χ3v) is 4.75. The van der Waals surface area contributed by atoms with Crippen LogP contribution in [0.15, 0.2) is 48.5 Å². The molecule has 0 spiro atoms. The Morgan fingerprint density at radius 3 is 2.31 bits per heavy atom. The first-order chi connectivity index (χ1) is 14.1. The predicted octanol–water partition coefficient (Wildman–Crippen LogP) is 2.01. The van der Waals surface area contributed by atoms with Crippen molar-refractivity contribution in [1.29, 1.82) is 0 Å². The number of hydrogen-bond acceptors (Lipinski definition) is 4. The number of carbonyl (C=O) groups is 3. The van der Waals surface area contributed by atoms with Crippen LogP contribution in [0.2, 0.25) is 0 Å². The van der Waals surface area contributed by atoms with Crippen LogP contribution >= 0.6 is 0 Å². The van der Waals surface area contributed by atoms with Crippen LogP contribution in [0.5, 0.6) is 0 Å². The van der Waals surface area contributed by atoms with Crippen molar-refractivity contribution in [2.75, 3.05) is 25.1 Å². The van der Waals surface area contributed by atoms with Gasteiger partial charge in [0.15, 0.2) is 0 Å². The van der Waals surface area contributed by atoms with Gasteiger partial charge in [-0.3, -0.25) is 14.4 Å². The zero-order chi connectivity index (χ0) is 20.6. The molecule has 0 radical (unpaired) electrons. The van der Waals surface area contributed by atoms with E-state index < -0.39 is 0 Å². The number of methoxy groups -OCH3 is 1. The Kier molecular flexibility index (Phi) is 6.97. The Labute approximate surface area is 170 Å². The quantitative estimate of drug-likeness (QED) is 0.716. The Hall–Kier alpha value is -3.19. The highest BCUT2D eigenvalue weighted by atomic mass is 16.5. The van der Waals surface area contributed by atoms with E-state index in [1.165, 1.54) is 0 Å². The van der Waals surface area contributed by atoms with E-state index in [1.807, 2.05) is 24.3 Å². The maximum atomic E-state index is 12.2. The molecule has 0 aliphatic carbocycles.